The molecular weight excluding hydrogens is 291 g/mol. The highest BCUT2D eigenvalue weighted by molar-refractivity contribution is 5.80. The molecule has 0 aromatic heterocycles. The molecule has 0 radical (unpaired) electrons. The van der Waals surface area contributed by atoms with Gasteiger partial charge in [-0.1, -0.05) is 0 Å². The van der Waals surface area contributed by atoms with E-state index in [1.807, 2.05) is 0 Å². The number of aliphatic carboxylic acids is 1. The number of amides is 1. The van der Waals surface area contributed by atoms with Crippen molar-refractivity contribution >= 4 is 12.1 Å². The van der Waals surface area contributed by atoms with Gasteiger partial charge in [-0.15, -0.1) is 0 Å². The lowest BCUT2D eigenvalue weighted by atomic mass is 10.0. The van der Waals surface area contributed by atoms with E-state index in [1.165, 1.54) is 6.07 Å². The third kappa shape index (κ3) is 5.79. The van der Waals surface area contributed by atoms with E-state index < -0.39 is 29.5 Å². The van der Waals surface area contributed by atoms with Gasteiger partial charge in [0.2, 0.25) is 0 Å². The van der Waals surface area contributed by atoms with Crippen LogP contribution in [0.5, 0.6) is 0 Å². The van der Waals surface area contributed by atoms with Crippen LogP contribution in [0, 0.1) is 17.1 Å². The van der Waals surface area contributed by atoms with Crippen molar-refractivity contribution in [2.75, 3.05) is 0 Å². The van der Waals surface area contributed by atoms with E-state index in [4.69, 9.17) is 15.1 Å². The zero-order chi connectivity index (χ0) is 16.9. The maximum Gasteiger partial charge on any atom is 0.408 e. The minimum absolute atomic E-state index is 0.0800. The first-order chi connectivity index (χ1) is 10.1. The lowest BCUT2D eigenvalue weighted by Crippen LogP contribution is -2.44. The van der Waals surface area contributed by atoms with Gasteiger partial charge in [-0.2, -0.15) is 5.26 Å². The second-order valence-corrected chi connectivity index (χ2v) is 5.70. The number of carbonyl (C=O) groups excluding carboxylic acids is 1. The minimum atomic E-state index is -1.29. The lowest BCUT2D eigenvalue weighted by molar-refractivity contribution is -0.139. The third-order valence-electron chi connectivity index (χ3n) is 2.52. The number of carbonyl (C=O) groups is 2. The number of nitrogens with zero attached hydrogens (tertiary/aromatic N) is 1. The highest BCUT2D eigenvalue weighted by Gasteiger charge is 2.24. The first-order valence-electron chi connectivity index (χ1n) is 6.52. The normalized spacial score (nSPS) is 12.1. The smallest absolute Gasteiger partial charge is 0.408 e. The van der Waals surface area contributed by atoms with E-state index in [0.717, 1.165) is 12.1 Å². The van der Waals surface area contributed by atoms with Crippen molar-refractivity contribution in [3.05, 3.63) is 35.1 Å². The fourth-order valence-electron chi connectivity index (χ4n) is 1.72. The largest absolute Gasteiger partial charge is 0.480 e. The number of rotatable bonds is 4. The average molecular weight is 308 g/mol. The summed E-state index contributed by atoms with van der Waals surface area (Å²) in [6, 6.07) is 4.03. The third-order valence-corrected chi connectivity index (χ3v) is 2.52. The molecule has 0 saturated carbocycles. The van der Waals surface area contributed by atoms with E-state index in [0.29, 0.717) is 5.56 Å². The molecular formula is C15H17FN2O4. The van der Waals surface area contributed by atoms with Crippen LogP contribution in [0.3, 0.4) is 0 Å². The van der Waals surface area contributed by atoms with Crippen LogP contribution in [0.25, 0.3) is 0 Å². The number of alkyl carbamates (subject to hydrolysis) is 1. The summed E-state index contributed by atoms with van der Waals surface area (Å²) < 4.78 is 18.3. The molecule has 118 valence electrons. The summed E-state index contributed by atoms with van der Waals surface area (Å²) in [6.07, 6.45) is -1.04. The van der Waals surface area contributed by atoms with Crippen molar-refractivity contribution in [3.63, 3.8) is 0 Å². The molecule has 7 heteroatoms. The van der Waals surface area contributed by atoms with Crippen molar-refractivity contribution in [2.24, 2.45) is 0 Å². The van der Waals surface area contributed by atoms with Gasteiger partial charge in [-0.25, -0.2) is 14.0 Å². The Morgan fingerprint density at radius 2 is 2.05 bits per heavy atom. The van der Waals surface area contributed by atoms with Crippen LogP contribution >= 0.6 is 0 Å². The molecule has 22 heavy (non-hydrogen) atoms. The first kappa shape index (κ1) is 17.4. The molecule has 1 aromatic carbocycles. The first-order valence-corrected chi connectivity index (χ1v) is 6.52. The Hall–Kier alpha value is -2.62. The van der Waals surface area contributed by atoms with Crippen LogP contribution in [0.1, 0.15) is 31.9 Å². The second-order valence-electron chi connectivity index (χ2n) is 5.70. The molecule has 1 aromatic rings. The number of ether oxygens (including phenoxy) is 1. The molecule has 2 N–H and O–H groups in total. The number of benzene rings is 1. The number of carboxylic acid groups (broad SMARTS) is 1. The monoisotopic (exact) mass is 308 g/mol. The van der Waals surface area contributed by atoms with Gasteiger partial charge in [-0.3, -0.25) is 0 Å². The number of nitriles is 1. The molecule has 1 amide bonds. The van der Waals surface area contributed by atoms with Gasteiger partial charge in [0.25, 0.3) is 0 Å². The predicted molar refractivity (Wildman–Crippen MR) is 75.6 cm³/mol. The quantitative estimate of drug-likeness (QED) is 0.888. The number of halogens is 1. The van der Waals surface area contributed by atoms with Gasteiger partial charge in [0, 0.05) is 6.42 Å². The van der Waals surface area contributed by atoms with Crippen LogP contribution in [0.15, 0.2) is 18.2 Å². The van der Waals surface area contributed by atoms with Gasteiger partial charge < -0.3 is 15.2 Å². The Balaban J connectivity index is 2.86. The molecule has 0 aliphatic heterocycles. The van der Waals surface area contributed by atoms with Crippen molar-refractivity contribution in [1.29, 1.82) is 5.26 Å². The second kappa shape index (κ2) is 6.89. The number of carboxylic acids is 1. The summed E-state index contributed by atoms with van der Waals surface area (Å²) in [5.74, 6) is -1.93. The summed E-state index contributed by atoms with van der Waals surface area (Å²) in [5.41, 5.74) is -0.392. The van der Waals surface area contributed by atoms with Gasteiger partial charge in [0.15, 0.2) is 0 Å². The molecule has 0 aliphatic rings. The SMILES string of the molecule is CC(C)(C)OC(=O)NC(Cc1cc(F)cc(C#N)c1)C(=O)O. The van der Waals surface area contributed by atoms with Gasteiger partial charge >= 0.3 is 12.1 Å². The van der Waals surface area contributed by atoms with Crippen LogP contribution in [0.4, 0.5) is 9.18 Å². The Bertz CT molecular complexity index is 617. The zero-order valence-corrected chi connectivity index (χ0v) is 12.5. The highest BCUT2D eigenvalue weighted by Crippen LogP contribution is 2.12. The Morgan fingerprint density at radius 1 is 1.41 bits per heavy atom. The van der Waals surface area contributed by atoms with Crippen molar-refractivity contribution in [3.8, 4) is 6.07 Å². The number of hydrogen-bond donors (Lipinski definition) is 2. The average Bonchev–Trinajstić information content (AvgIpc) is 2.34. The minimum Gasteiger partial charge on any atom is -0.480 e. The fraction of sp³-hybridized carbons (Fsp3) is 0.400. The summed E-state index contributed by atoms with van der Waals surface area (Å²) in [5, 5.41) is 20.1. The molecule has 0 heterocycles. The van der Waals surface area contributed by atoms with E-state index in [9.17, 15) is 14.0 Å². The lowest BCUT2D eigenvalue weighted by Gasteiger charge is -2.22. The van der Waals surface area contributed by atoms with Crippen molar-refractivity contribution in [2.45, 2.75) is 38.8 Å². The van der Waals surface area contributed by atoms with Crippen LogP contribution in [-0.2, 0) is 16.0 Å². The highest BCUT2D eigenvalue weighted by atomic mass is 19.1. The van der Waals surface area contributed by atoms with E-state index in [1.54, 1.807) is 26.8 Å². The number of nitrogens with one attached hydrogen (secondary N) is 1. The molecule has 6 nitrogen and oxygen atoms in total. The topological polar surface area (TPSA) is 99.4 Å². The molecule has 1 rings (SSSR count). The summed E-state index contributed by atoms with van der Waals surface area (Å²) in [7, 11) is 0. The Morgan fingerprint density at radius 3 is 2.55 bits per heavy atom. The Kier molecular flexibility index (Phi) is 5.46. The maximum absolute atomic E-state index is 13.3. The van der Waals surface area contributed by atoms with E-state index in [2.05, 4.69) is 5.32 Å². The van der Waals surface area contributed by atoms with Crippen LogP contribution in [-0.4, -0.2) is 28.8 Å². The Labute approximate surface area is 127 Å². The summed E-state index contributed by atoms with van der Waals surface area (Å²) >= 11 is 0. The molecule has 1 atom stereocenters. The van der Waals surface area contributed by atoms with Crippen molar-refractivity contribution < 1.29 is 23.8 Å². The standard InChI is InChI=1S/C15H17FN2O4/c1-15(2,3)22-14(21)18-12(13(19)20)7-9-4-10(8-17)6-11(16)5-9/h4-6,12H,7H2,1-3H3,(H,18,21)(H,19,20). The molecule has 0 spiro atoms. The summed E-state index contributed by atoms with van der Waals surface area (Å²) in [4.78, 5) is 22.8. The van der Waals surface area contributed by atoms with Crippen molar-refractivity contribution in [1.82, 2.24) is 5.32 Å². The molecule has 0 aliphatic carbocycles. The van der Waals surface area contributed by atoms with Gasteiger partial charge in [-0.05, 0) is 44.5 Å². The fourth-order valence-corrected chi connectivity index (χ4v) is 1.72. The molecule has 1 unspecified atom stereocenters. The summed E-state index contributed by atoms with van der Waals surface area (Å²) in [6.45, 7) is 4.94. The van der Waals surface area contributed by atoms with Crippen LogP contribution < -0.4 is 5.32 Å². The zero-order valence-electron chi connectivity index (χ0n) is 12.5. The number of hydrogen-bond acceptors (Lipinski definition) is 4. The maximum atomic E-state index is 13.3. The van der Waals surface area contributed by atoms with Gasteiger partial charge in [0.05, 0.1) is 11.6 Å². The molecule has 0 fully saturated rings. The van der Waals surface area contributed by atoms with Crippen LogP contribution in [0.2, 0.25) is 0 Å². The van der Waals surface area contributed by atoms with E-state index >= 15 is 0 Å². The van der Waals surface area contributed by atoms with E-state index in [-0.39, 0.29) is 12.0 Å². The molecule has 0 saturated heterocycles. The van der Waals surface area contributed by atoms with Gasteiger partial charge in [0.1, 0.15) is 17.5 Å². The molecule has 0 bridgehead atoms. The predicted octanol–water partition coefficient (Wildman–Crippen LogP) is 2.22.